The van der Waals surface area contributed by atoms with Crippen LogP contribution in [0.2, 0.25) is 0 Å². The lowest BCUT2D eigenvalue weighted by Crippen LogP contribution is -2.19. The van der Waals surface area contributed by atoms with Crippen LogP contribution in [0.15, 0.2) is 98.0 Å². The van der Waals surface area contributed by atoms with Gasteiger partial charge in [-0.1, -0.05) is 74.4 Å². The molecule has 0 unspecified atom stereocenters. The van der Waals surface area contributed by atoms with Gasteiger partial charge in [0, 0.05) is 17.9 Å². The van der Waals surface area contributed by atoms with E-state index in [-0.39, 0.29) is 0 Å². The molecule has 20 heavy (non-hydrogen) atoms. The Hall–Kier alpha value is -2.28. The van der Waals surface area contributed by atoms with Crippen LogP contribution in [0.25, 0.3) is 0 Å². The van der Waals surface area contributed by atoms with Crippen molar-refractivity contribution < 1.29 is 0 Å². The second-order valence-corrected chi connectivity index (χ2v) is 4.08. The van der Waals surface area contributed by atoms with E-state index in [1.807, 2.05) is 55.5 Å². The Bertz CT molecular complexity index is 456. The Morgan fingerprint density at radius 3 is 2.30 bits per heavy atom. The van der Waals surface area contributed by atoms with E-state index >= 15 is 0 Å². The summed E-state index contributed by atoms with van der Waals surface area (Å²) in [5.74, 6) is 0. The molecule has 0 rings (SSSR count). The molecule has 0 aromatic carbocycles. The molecule has 0 N–H and O–H groups in total. The Labute approximate surface area is 124 Å². The second kappa shape index (κ2) is 11.8. The summed E-state index contributed by atoms with van der Waals surface area (Å²) in [6.45, 7) is 16.3. The van der Waals surface area contributed by atoms with Gasteiger partial charge in [0.15, 0.2) is 0 Å². The lowest BCUT2D eigenvalue weighted by Gasteiger charge is -2.24. The maximum Gasteiger partial charge on any atom is 0.0411 e. The molecule has 0 aromatic rings. The van der Waals surface area contributed by atoms with Crippen molar-refractivity contribution in [2.24, 2.45) is 0 Å². The largest absolute Gasteiger partial charge is 0.342 e. The average Bonchev–Trinajstić information content (AvgIpc) is 2.45. The molecule has 0 saturated heterocycles. The van der Waals surface area contributed by atoms with Gasteiger partial charge in [-0.2, -0.15) is 0 Å². The zero-order chi connectivity index (χ0) is 15.2. The predicted molar refractivity (Wildman–Crippen MR) is 92.2 cm³/mol. The average molecular weight is 267 g/mol. The molecule has 0 atom stereocenters. The summed E-state index contributed by atoms with van der Waals surface area (Å²) in [5.41, 5.74) is 2.04. The van der Waals surface area contributed by atoms with Crippen LogP contribution in [0.4, 0.5) is 0 Å². The summed E-state index contributed by atoms with van der Waals surface area (Å²) >= 11 is 0. The van der Waals surface area contributed by atoms with Crippen LogP contribution in [0.3, 0.4) is 0 Å². The molecule has 1 heteroatoms. The molecule has 0 heterocycles. The summed E-state index contributed by atoms with van der Waals surface area (Å²) < 4.78 is 0. The normalized spacial score (nSPS) is 12.8. The first-order chi connectivity index (χ1) is 9.67. The number of allylic oxidation sites excluding steroid dienone is 11. The van der Waals surface area contributed by atoms with Gasteiger partial charge >= 0.3 is 0 Å². The first-order valence-corrected chi connectivity index (χ1v) is 6.66. The van der Waals surface area contributed by atoms with E-state index in [2.05, 4.69) is 37.6 Å². The minimum atomic E-state index is 0.773. The Morgan fingerprint density at radius 1 is 1.00 bits per heavy atom. The smallest absolute Gasteiger partial charge is 0.0411 e. The highest BCUT2D eigenvalue weighted by Crippen LogP contribution is 2.13. The lowest BCUT2D eigenvalue weighted by molar-refractivity contribution is 0.490. The fraction of sp³-hybridized carbons (Fsp3) is 0.158. The van der Waals surface area contributed by atoms with Crippen molar-refractivity contribution in [1.82, 2.24) is 4.90 Å². The molecule has 0 bridgehead atoms. The standard InChI is InChI=1S/C19H25N/c1-6-9-12-14-17-20(18(4)15-11-8-3)19(5)16-13-10-7-2/h6-16H,2-4,17H2,1,5H3/b9-6-,13-10-,14-12-,15-11-,19-16+. The molecule has 0 fully saturated rings. The van der Waals surface area contributed by atoms with Gasteiger partial charge < -0.3 is 4.90 Å². The first kappa shape index (κ1) is 17.7. The van der Waals surface area contributed by atoms with Crippen LogP contribution in [-0.4, -0.2) is 11.4 Å². The monoisotopic (exact) mass is 267 g/mol. The number of rotatable bonds is 9. The highest BCUT2D eigenvalue weighted by Gasteiger charge is 2.04. The van der Waals surface area contributed by atoms with Gasteiger partial charge in [0.25, 0.3) is 0 Å². The molecule has 1 nitrogen and oxygen atoms in total. The van der Waals surface area contributed by atoms with Gasteiger partial charge in [0.2, 0.25) is 0 Å². The summed E-state index contributed by atoms with van der Waals surface area (Å²) in [6, 6.07) is 0. The highest BCUT2D eigenvalue weighted by atomic mass is 15.1. The van der Waals surface area contributed by atoms with Crippen molar-refractivity contribution in [2.75, 3.05) is 6.54 Å². The zero-order valence-corrected chi connectivity index (χ0v) is 12.6. The quantitative estimate of drug-likeness (QED) is 0.511. The minimum absolute atomic E-state index is 0.773. The van der Waals surface area contributed by atoms with Crippen molar-refractivity contribution in [3.8, 4) is 0 Å². The van der Waals surface area contributed by atoms with Gasteiger partial charge in [-0.25, -0.2) is 0 Å². The highest BCUT2D eigenvalue weighted by molar-refractivity contribution is 5.25. The topological polar surface area (TPSA) is 3.24 Å². The molecule has 0 aliphatic carbocycles. The summed E-state index contributed by atoms with van der Waals surface area (Å²) in [5, 5.41) is 0. The van der Waals surface area contributed by atoms with Crippen LogP contribution in [-0.2, 0) is 0 Å². The Balaban J connectivity index is 5.03. The number of nitrogens with zero attached hydrogens (tertiary/aromatic N) is 1. The molecule has 106 valence electrons. The van der Waals surface area contributed by atoms with Crippen molar-refractivity contribution in [1.29, 1.82) is 0 Å². The van der Waals surface area contributed by atoms with Crippen LogP contribution in [0.1, 0.15) is 13.8 Å². The summed E-state index contributed by atoms with van der Waals surface area (Å²) in [6.07, 6.45) is 21.4. The minimum Gasteiger partial charge on any atom is -0.342 e. The van der Waals surface area contributed by atoms with E-state index in [4.69, 9.17) is 0 Å². The van der Waals surface area contributed by atoms with Gasteiger partial charge in [0.05, 0.1) is 0 Å². The first-order valence-electron chi connectivity index (χ1n) is 6.66. The van der Waals surface area contributed by atoms with E-state index in [0.717, 1.165) is 17.9 Å². The molecule has 0 saturated carbocycles. The summed E-state index contributed by atoms with van der Waals surface area (Å²) in [4.78, 5) is 2.13. The molecule has 0 amide bonds. The van der Waals surface area contributed by atoms with E-state index in [9.17, 15) is 0 Å². The molecular weight excluding hydrogens is 242 g/mol. The third-order valence-corrected chi connectivity index (χ3v) is 2.51. The lowest BCUT2D eigenvalue weighted by atomic mass is 10.2. The Morgan fingerprint density at radius 2 is 1.70 bits per heavy atom. The van der Waals surface area contributed by atoms with Crippen molar-refractivity contribution >= 4 is 0 Å². The fourth-order valence-corrected chi connectivity index (χ4v) is 1.48. The van der Waals surface area contributed by atoms with Gasteiger partial charge in [-0.3, -0.25) is 0 Å². The number of hydrogen-bond donors (Lipinski definition) is 0. The predicted octanol–water partition coefficient (Wildman–Crippen LogP) is 5.32. The summed E-state index contributed by atoms with van der Waals surface area (Å²) in [7, 11) is 0. The number of hydrogen-bond acceptors (Lipinski definition) is 1. The van der Waals surface area contributed by atoms with E-state index in [0.29, 0.717) is 0 Å². The van der Waals surface area contributed by atoms with Crippen LogP contribution < -0.4 is 0 Å². The van der Waals surface area contributed by atoms with Gasteiger partial charge in [0.1, 0.15) is 0 Å². The van der Waals surface area contributed by atoms with Crippen molar-refractivity contribution in [2.45, 2.75) is 13.8 Å². The molecule has 0 radical (unpaired) electrons. The maximum atomic E-state index is 4.10. The molecule has 0 aromatic heterocycles. The van der Waals surface area contributed by atoms with E-state index < -0.39 is 0 Å². The molecule has 0 aliphatic rings. The second-order valence-electron chi connectivity index (χ2n) is 4.08. The van der Waals surface area contributed by atoms with E-state index in [1.54, 1.807) is 12.2 Å². The van der Waals surface area contributed by atoms with Crippen LogP contribution in [0, 0.1) is 0 Å². The van der Waals surface area contributed by atoms with Crippen LogP contribution >= 0.6 is 0 Å². The fourth-order valence-electron chi connectivity index (χ4n) is 1.48. The van der Waals surface area contributed by atoms with Crippen molar-refractivity contribution in [3.05, 3.63) is 98.0 Å². The molecule has 0 spiro atoms. The van der Waals surface area contributed by atoms with E-state index in [1.165, 1.54) is 0 Å². The van der Waals surface area contributed by atoms with Crippen molar-refractivity contribution in [3.63, 3.8) is 0 Å². The Kier molecular flexibility index (Phi) is 10.4. The third kappa shape index (κ3) is 7.93. The van der Waals surface area contributed by atoms with Gasteiger partial charge in [-0.15, -0.1) is 0 Å². The van der Waals surface area contributed by atoms with Crippen LogP contribution in [0.5, 0.6) is 0 Å². The maximum absolute atomic E-state index is 4.10. The van der Waals surface area contributed by atoms with Gasteiger partial charge in [-0.05, 0) is 26.0 Å². The SMILES string of the molecule is C=C/C=C\C=C(/C)N(C/C=C\C=C/C)C(=C)/C=C\C=C. The molecule has 0 aliphatic heterocycles. The third-order valence-electron chi connectivity index (χ3n) is 2.51. The molecular formula is C19H25N. The zero-order valence-electron chi connectivity index (χ0n) is 12.6.